The third-order valence-corrected chi connectivity index (χ3v) is 4.10. The van der Waals surface area contributed by atoms with Crippen LogP contribution in [0.1, 0.15) is 6.42 Å². The first-order valence-electron chi connectivity index (χ1n) is 7.67. The van der Waals surface area contributed by atoms with E-state index in [4.69, 9.17) is 0 Å². The fourth-order valence-electron chi connectivity index (χ4n) is 2.92. The molecule has 1 fully saturated rings. The summed E-state index contributed by atoms with van der Waals surface area (Å²) in [5, 5.41) is 7.18. The predicted molar refractivity (Wildman–Crippen MR) is 89.1 cm³/mol. The lowest BCUT2D eigenvalue weighted by atomic mass is 10.2. The Hall–Kier alpha value is -3.16. The number of amides is 1. The van der Waals surface area contributed by atoms with Crippen molar-refractivity contribution in [3.8, 4) is 0 Å². The molecule has 1 aliphatic heterocycles. The van der Waals surface area contributed by atoms with Crippen LogP contribution in [0.25, 0.3) is 5.65 Å². The molecule has 4 heterocycles. The summed E-state index contributed by atoms with van der Waals surface area (Å²) in [5.74, 6) is 0.371. The lowest BCUT2D eigenvalue weighted by molar-refractivity contribution is -0.117. The van der Waals surface area contributed by atoms with Gasteiger partial charge in [0.2, 0.25) is 5.91 Å². The molecule has 4 rings (SSSR count). The molecule has 24 heavy (non-hydrogen) atoms. The number of carbonyl (C=O) groups excluding carboxylic acids is 1. The molecule has 8 heteroatoms. The Labute approximate surface area is 137 Å². The smallest absolute Gasteiger partial charge is 0.259 e. The van der Waals surface area contributed by atoms with Crippen molar-refractivity contribution >= 4 is 23.1 Å². The van der Waals surface area contributed by atoms with Gasteiger partial charge in [-0.25, -0.2) is 4.98 Å². The maximum absolute atomic E-state index is 12.6. The normalized spacial score (nSPS) is 17.6. The summed E-state index contributed by atoms with van der Waals surface area (Å²) in [6.07, 6.45) is 5.78. The Kier molecular flexibility index (Phi) is 3.30. The lowest BCUT2D eigenvalue weighted by Crippen LogP contribution is -2.34. The summed E-state index contributed by atoms with van der Waals surface area (Å²) in [4.78, 5) is 30.8. The number of pyridine rings is 1. The van der Waals surface area contributed by atoms with E-state index in [1.807, 2.05) is 13.1 Å². The topological polar surface area (TPSA) is 84.5 Å². The van der Waals surface area contributed by atoms with Gasteiger partial charge >= 0.3 is 0 Å². The Morgan fingerprint density at radius 1 is 1.29 bits per heavy atom. The maximum atomic E-state index is 12.6. The van der Waals surface area contributed by atoms with Crippen molar-refractivity contribution in [2.45, 2.75) is 12.5 Å². The van der Waals surface area contributed by atoms with Crippen molar-refractivity contribution in [1.29, 1.82) is 0 Å². The van der Waals surface area contributed by atoms with E-state index in [0.717, 1.165) is 5.69 Å². The van der Waals surface area contributed by atoms with Gasteiger partial charge in [-0.15, -0.1) is 0 Å². The van der Waals surface area contributed by atoms with Crippen LogP contribution in [0.3, 0.4) is 0 Å². The fourth-order valence-corrected chi connectivity index (χ4v) is 2.92. The molecule has 0 spiro atoms. The molecular weight excluding hydrogens is 308 g/mol. The van der Waals surface area contributed by atoms with Gasteiger partial charge in [0.25, 0.3) is 5.56 Å². The number of anilines is 2. The van der Waals surface area contributed by atoms with Gasteiger partial charge in [0.15, 0.2) is 0 Å². The van der Waals surface area contributed by atoms with E-state index in [-0.39, 0.29) is 11.5 Å². The summed E-state index contributed by atoms with van der Waals surface area (Å²) in [6, 6.07) is 6.35. The van der Waals surface area contributed by atoms with Crippen molar-refractivity contribution in [2.24, 2.45) is 7.05 Å². The monoisotopic (exact) mass is 324 g/mol. The number of carbonyl (C=O) groups is 1. The zero-order chi connectivity index (χ0) is 16.7. The van der Waals surface area contributed by atoms with Crippen LogP contribution in [0, 0.1) is 0 Å². The van der Waals surface area contributed by atoms with Gasteiger partial charge in [0.05, 0.1) is 11.9 Å². The Morgan fingerprint density at radius 2 is 2.17 bits per heavy atom. The summed E-state index contributed by atoms with van der Waals surface area (Å²) in [6.45, 7) is 0.606. The average molecular weight is 324 g/mol. The summed E-state index contributed by atoms with van der Waals surface area (Å²) >= 11 is 0. The molecule has 3 aromatic rings. The highest BCUT2D eigenvalue weighted by molar-refractivity contribution is 6.00. The van der Waals surface area contributed by atoms with E-state index in [1.165, 1.54) is 10.5 Å². The maximum Gasteiger partial charge on any atom is 0.259 e. The summed E-state index contributed by atoms with van der Waals surface area (Å²) in [7, 11) is 1.81. The predicted octanol–water partition coefficient (Wildman–Crippen LogP) is 0.645. The zero-order valence-corrected chi connectivity index (χ0v) is 13.1. The number of hydrogen-bond donors (Lipinski definition) is 1. The second-order valence-electron chi connectivity index (χ2n) is 5.76. The number of nitrogens with one attached hydrogen (secondary N) is 1. The van der Waals surface area contributed by atoms with E-state index in [2.05, 4.69) is 15.4 Å². The minimum absolute atomic E-state index is 0.0435. The van der Waals surface area contributed by atoms with Crippen LogP contribution >= 0.6 is 0 Å². The average Bonchev–Trinajstić information content (AvgIpc) is 3.14. The van der Waals surface area contributed by atoms with E-state index in [0.29, 0.717) is 24.4 Å². The highest BCUT2D eigenvalue weighted by Crippen LogP contribution is 2.22. The van der Waals surface area contributed by atoms with Gasteiger partial charge in [-0.05, 0) is 18.6 Å². The first-order valence-corrected chi connectivity index (χ1v) is 7.67. The molecule has 1 saturated heterocycles. The van der Waals surface area contributed by atoms with Crippen LogP contribution in [-0.2, 0) is 11.8 Å². The molecule has 1 unspecified atom stereocenters. The number of aromatic nitrogens is 4. The van der Waals surface area contributed by atoms with Gasteiger partial charge in [0, 0.05) is 32.1 Å². The van der Waals surface area contributed by atoms with E-state index in [1.54, 1.807) is 40.3 Å². The first-order chi connectivity index (χ1) is 11.6. The van der Waals surface area contributed by atoms with Crippen LogP contribution in [0.4, 0.5) is 11.5 Å². The fraction of sp³-hybridized carbons (Fsp3) is 0.250. The van der Waals surface area contributed by atoms with Crippen LogP contribution in [0.5, 0.6) is 0 Å². The first kappa shape index (κ1) is 14.4. The third-order valence-electron chi connectivity index (χ3n) is 4.10. The number of rotatable bonds is 3. The largest absolute Gasteiger partial charge is 0.358 e. The van der Waals surface area contributed by atoms with E-state index in [9.17, 15) is 9.59 Å². The number of aryl methyl sites for hydroxylation is 1. The molecule has 0 radical (unpaired) electrons. The molecule has 8 nitrogen and oxygen atoms in total. The van der Waals surface area contributed by atoms with E-state index < -0.39 is 6.04 Å². The lowest BCUT2D eigenvalue weighted by Gasteiger charge is -2.15. The molecule has 0 aromatic carbocycles. The van der Waals surface area contributed by atoms with Crippen LogP contribution in [-0.4, -0.2) is 37.7 Å². The summed E-state index contributed by atoms with van der Waals surface area (Å²) in [5.41, 5.74) is 1.14. The highest BCUT2D eigenvalue weighted by atomic mass is 16.2. The molecule has 1 amide bonds. The molecule has 3 aromatic heterocycles. The number of hydrogen-bond acceptors (Lipinski definition) is 5. The third kappa shape index (κ3) is 2.41. The minimum atomic E-state index is -0.400. The van der Waals surface area contributed by atoms with Gasteiger partial charge in [-0.3, -0.25) is 18.7 Å². The summed E-state index contributed by atoms with van der Waals surface area (Å²) < 4.78 is 3.12. The van der Waals surface area contributed by atoms with Gasteiger partial charge in [-0.1, -0.05) is 6.07 Å². The van der Waals surface area contributed by atoms with Gasteiger partial charge in [-0.2, -0.15) is 5.10 Å². The van der Waals surface area contributed by atoms with Crippen molar-refractivity contribution < 1.29 is 4.79 Å². The minimum Gasteiger partial charge on any atom is -0.358 e. The van der Waals surface area contributed by atoms with Crippen LogP contribution in [0.2, 0.25) is 0 Å². The van der Waals surface area contributed by atoms with Crippen LogP contribution < -0.4 is 15.8 Å². The molecule has 0 bridgehead atoms. The van der Waals surface area contributed by atoms with Gasteiger partial charge in [0.1, 0.15) is 17.5 Å². The van der Waals surface area contributed by atoms with Crippen molar-refractivity contribution in [3.05, 3.63) is 53.2 Å². The molecule has 0 aliphatic carbocycles. The molecule has 1 atom stereocenters. The van der Waals surface area contributed by atoms with Gasteiger partial charge < -0.3 is 10.2 Å². The van der Waals surface area contributed by atoms with Crippen molar-refractivity contribution in [1.82, 2.24) is 19.2 Å². The molecule has 1 aliphatic rings. The van der Waals surface area contributed by atoms with Crippen LogP contribution in [0.15, 0.2) is 47.7 Å². The molecule has 1 N–H and O–H groups in total. The zero-order valence-electron chi connectivity index (χ0n) is 13.1. The standard InChI is InChI=1S/C16H16N6O2/c1-20-10-11(9-17-20)21-7-5-12(16(21)24)18-13-8-15(23)22-6-3-2-4-14(22)19-13/h2-4,6,8-10,12,18H,5,7H2,1H3. The Bertz CT molecular complexity index is 976. The molecular formula is C16H16N6O2. The SMILES string of the molecule is Cn1cc(N2CCC(Nc3cc(=O)n4ccccc4n3)C2=O)cn1. The highest BCUT2D eigenvalue weighted by Gasteiger charge is 2.33. The van der Waals surface area contributed by atoms with E-state index >= 15 is 0 Å². The van der Waals surface area contributed by atoms with Crippen molar-refractivity contribution in [3.63, 3.8) is 0 Å². The Balaban J connectivity index is 1.58. The van der Waals surface area contributed by atoms with Crippen molar-refractivity contribution in [2.75, 3.05) is 16.8 Å². The second kappa shape index (κ2) is 5.48. The Morgan fingerprint density at radius 3 is 2.96 bits per heavy atom. The second-order valence-corrected chi connectivity index (χ2v) is 5.76. The number of fused-ring (bicyclic) bond motifs is 1. The number of nitrogens with zero attached hydrogens (tertiary/aromatic N) is 5. The molecule has 0 saturated carbocycles. The quantitative estimate of drug-likeness (QED) is 0.764. The molecule has 122 valence electrons.